The van der Waals surface area contributed by atoms with E-state index < -0.39 is 6.04 Å². The molecule has 1 N–H and O–H groups in total. The van der Waals surface area contributed by atoms with Crippen LogP contribution in [0.15, 0.2) is 72.8 Å². The van der Waals surface area contributed by atoms with Gasteiger partial charge in [0.25, 0.3) is 5.91 Å². The molecule has 1 atom stereocenters. The second kappa shape index (κ2) is 11.1. The molecule has 0 radical (unpaired) electrons. The second-order valence-electron chi connectivity index (χ2n) is 7.95. The molecule has 9 heteroatoms. The number of carbonyl (C=O) groups excluding carboxylic acids is 2. The predicted molar refractivity (Wildman–Crippen MR) is 143 cm³/mol. The first-order valence-electron chi connectivity index (χ1n) is 11.0. The van der Waals surface area contributed by atoms with Gasteiger partial charge in [-0.2, -0.15) is 0 Å². The van der Waals surface area contributed by atoms with Crippen molar-refractivity contribution in [2.45, 2.75) is 18.9 Å². The molecule has 1 aliphatic rings. The van der Waals surface area contributed by atoms with Crippen LogP contribution in [-0.4, -0.2) is 41.5 Å². The molecule has 4 rings (SSSR count). The fraction of sp³-hybridized carbons (Fsp3) is 0.192. The van der Waals surface area contributed by atoms with E-state index >= 15 is 0 Å². The molecule has 0 aromatic heterocycles. The lowest BCUT2D eigenvalue weighted by molar-refractivity contribution is -0.122. The van der Waals surface area contributed by atoms with Crippen molar-refractivity contribution in [3.05, 3.63) is 88.4 Å². The van der Waals surface area contributed by atoms with Gasteiger partial charge in [-0.3, -0.25) is 9.59 Å². The van der Waals surface area contributed by atoms with E-state index in [0.29, 0.717) is 45.2 Å². The van der Waals surface area contributed by atoms with Crippen LogP contribution in [0.2, 0.25) is 10.0 Å². The van der Waals surface area contributed by atoms with Gasteiger partial charge < -0.3 is 15.0 Å². The maximum absolute atomic E-state index is 13.6. The molecule has 180 valence electrons. The number of carbonyl (C=O) groups is 2. The Morgan fingerprint density at radius 2 is 1.77 bits per heavy atom. The summed E-state index contributed by atoms with van der Waals surface area (Å²) < 4.78 is 5.38. The highest BCUT2D eigenvalue weighted by atomic mass is 35.5. The van der Waals surface area contributed by atoms with Crippen molar-refractivity contribution in [1.82, 2.24) is 4.90 Å². The number of hydrogen-bond acceptors (Lipinski definition) is 4. The Balaban J connectivity index is 1.61. The van der Waals surface area contributed by atoms with E-state index in [0.717, 1.165) is 5.56 Å². The molecule has 6 nitrogen and oxygen atoms in total. The highest BCUT2D eigenvalue weighted by molar-refractivity contribution is 7.80. The number of thiocarbonyl (C=S) groups is 1. The van der Waals surface area contributed by atoms with E-state index in [2.05, 4.69) is 5.32 Å². The number of benzene rings is 3. The summed E-state index contributed by atoms with van der Waals surface area (Å²) in [6, 6.07) is 21.1. The van der Waals surface area contributed by atoms with E-state index in [4.69, 9.17) is 40.2 Å². The van der Waals surface area contributed by atoms with Crippen molar-refractivity contribution in [3.63, 3.8) is 0 Å². The smallest absolute Gasteiger partial charge is 0.257 e. The quantitative estimate of drug-likeness (QED) is 0.320. The lowest BCUT2D eigenvalue weighted by Crippen LogP contribution is -2.48. The molecule has 1 heterocycles. The highest BCUT2D eigenvalue weighted by Crippen LogP contribution is 2.33. The van der Waals surface area contributed by atoms with Crippen molar-refractivity contribution in [1.29, 1.82) is 0 Å². The first kappa shape index (κ1) is 25.0. The summed E-state index contributed by atoms with van der Waals surface area (Å²) in [7, 11) is 1.50. The molecule has 0 unspecified atom stereocenters. The molecular weight excluding hydrogens is 505 g/mol. The number of nitrogens with zero attached hydrogens (tertiary/aromatic N) is 2. The molecule has 35 heavy (non-hydrogen) atoms. The van der Waals surface area contributed by atoms with Crippen LogP contribution < -0.4 is 15.0 Å². The average Bonchev–Trinajstić information content (AvgIpc) is 3.15. The van der Waals surface area contributed by atoms with Crippen LogP contribution in [0.1, 0.15) is 12.0 Å². The number of para-hydroxylation sites is 2. The fourth-order valence-corrected chi connectivity index (χ4v) is 4.62. The molecule has 0 saturated carbocycles. The minimum Gasteiger partial charge on any atom is -0.495 e. The largest absolute Gasteiger partial charge is 0.495 e. The maximum Gasteiger partial charge on any atom is 0.257 e. The van der Waals surface area contributed by atoms with Crippen LogP contribution in [0.5, 0.6) is 5.75 Å². The van der Waals surface area contributed by atoms with E-state index in [9.17, 15) is 9.59 Å². The van der Waals surface area contributed by atoms with Crippen LogP contribution >= 0.6 is 35.4 Å². The summed E-state index contributed by atoms with van der Waals surface area (Å²) in [4.78, 5) is 29.6. The molecule has 3 aromatic carbocycles. The van der Waals surface area contributed by atoms with Gasteiger partial charge in [-0.15, -0.1) is 0 Å². The molecule has 0 bridgehead atoms. The Bertz CT molecular complexity index is 1260. The summed E-state index contributed by atoms with van der Waals surface area (Å²) in [5, 5.41) is 4.26. The molecule has 1 fully saturated rings. The normalized spacial score (nSPS) is 15.3. The standard InChI is InChI=1S/C26H23Cl2N3O3S/c1-34-23-10-6-5-9-21(23)31-24(32)16-22(25(31)33)30(14-13-17-7-3-2-4-8-17)26(35)29-18-11-12-19(27)20(28)15-18/h2-12,15,22H,13-14,16H2,1H3,(H,29,35)/t22-/m0/s1. The van der Waals surface area contributed by atoms with Gasteiger partial charge in [0.05, 0.1) is 29.3 Å². The summed E-state index contributed by atoms with van der Waals surface area (Å²) in [5.74, 6) is -0.223. The Hall–Kier alpha value is -3.13. The van der Waals surface area contributed by atoms with Crippen LogP contribution in [-0.2, 0) is 16.0 Å². The number of imide groups is 1. The van der Waals surface area contributed by atoms with Crippen molar-refractivity contribution < 1.29 is 14.3 Å². The van der Waals surface area contributed by atoms with Gasteiger partial charge in [0.2, 0.25) is 5.91 Å². The number of anilines is 2. The van der Waals surface area contributed by atoms with Gasteiger partial charge in [0, 0.05) is 12.2 Å². The molecular formula is C26H23Cl2N3O3S. The molecule has 2 amide bonds. The summed E-state index contributed by atoms with van der Waals surface area (Å²) in [6.07, 6.45) is 0.630. The van der Waals surface area contributed by atoms with E-state index in [1.807, 2.05) is 30.3 Å². The monoisotopic (exact) mass is 527 g/mol. The van der Waals surface area contributed by atoms with Crippen LogP contribution in [0.25, 0.3) is 0 Å². The number of nitrogens with one attached hydrogen (secondary N) is 1. The number of ether oxygens (including phenoxy) is 1. The van der Waals surface area contributed by atoms with Gasteiger partial charge >= 0.3 is 0 Å². The molecule has 1 aliphatic heterocycles. The van der Waals surface area contributed by atoms with Gasteiger partial charge in [0.15, 0.2) is 5.11 Å². The first-order chi connectivity index (χ1) is 16.9. The SMILES string of the molecule is COc1ccccc1N1C(=O)C[C@H](N(CCc2ccccc2)C(=S)Nc2ccc(Cl)c(Cl)c2)C1=O. The third-order valence-corrected chi connectivity index (χ3v) is 6.82. The minimum atomic E-state index is -0.765. The zero-order valence-corrected chi connectivity index (χ0v) is 21.2. The maximum atomic E-state index is 13.6. The molecule has 3 aromatic rings. The van der Waals surface area contributed by atoms with Gasteiger partial charge in [-0.1, -0.05) is 65.7 Å². The van der Waals surface area contributed by atoms with Crippen LogP contribution in [0.4, 0.5) is 11.4 Å². The average molecular weight is 528 g/mol. The number of rotatable bonds is 7. The zero-order valence-electron chi connectivity index (χ0n) is 18.9. The summed E-state index contributed by atoms with van der Waals surface area (Å²) >= 11 is 17.9. The number of methoxy groups -OCH3 is 1. The molecule has 0 spiro atoms. The van der Waals surface area contributed by atoms with Crippen molar-refractivity contribution >= 4 is 63.7 Å². The van der Waals surface area contributed by atoms with Gasteiger partial charge in [-0.25, -0.2) is 4.90 Å². The van der Waals surface area contributed by atoms with Gasteiger partial charge in [-0.05, 0) is 54.5 Å². The predicted octanol–water partition coefficient (Wildman–Crippen LogP) is 5.58. The lowest BCUT2D eigenvalue weighted by atomic mass is 10.1. The third-order valence-electron chi connectivity index (χ3n) is 5.74. The van der Waals surface area contributed by atoms with Crippen LogP contribution in [0.3, 0.4) is 0 Å². The van der Waals surface area contributed by atoms with Gasteiger partial charge in [0.1, 0.15) is 11.8 Å². The fourth-order valence-electron chi connectivity index (χ4n) is 3.99. The van der Waals surface area contributed by atoms with E-state index in [-0.39, 0.29) is 18.2 Å². The van der Waals surface area contributed by atoms with Crippen LogP contribution in [0, 0.1) is 0 Å². The number of amides is 2. The zero-order chi connectivity index (χ0) is 24.9. The first-order valence-corrected chi connectivity index (χ1v) is 12.1. The van der Waals surface area contributed by atoms with E-state index in [1.54, 1.807) is 47.4 Å². The number of halogens is 2. The van der Waals surface area contributed by atoms with Crippen molar-refractivity contribution in [3.8, 4) is 5.75 Å². The third kappa shape index (κ3) is 5.59. The summed E-state index contributed by atoms with van der Waals surface area (Å²) in [5.41, 5.74) is 2.14. The number of hydrogen-bond donors (Lipinski definition) is 1. The summed E-state index contributed by atoms with van der Waals surface area (Å²) in [6.45, 7) is 0.431. The highest BCUT2D eigenvalue weighted by Gasteiger charge is 2.44. The topological polar surface area (TPSA) is 61.9 Å². The Morgan fingerprint density at radius 3 is 2.49 bits per heavy atom. The minimum absolute atomic E-state index is 0.00509. The second-order valence-corrected chi connectivity index (χ2v) is 9.15. The Labute approximate surface area is 219 Å². The van der Waals surface area contributed by atoms with Crippen molar-refractivity contribution in [2.24, 2.45) is 0 Å². The Morgan fingerprint density at radius 1 is 1.06 bits per heavy atom. The Kier molecular flexibility index (Phi) is 7.90. The van der Waals surface area contributed by atoms with E-state index in [1.165, 1.54) is 12.0 Å². The molecule has 0 aliphatic carbocycles. The van der Waals surface area contributed by atoms with Crippen molar-refractivity contribution in [2.75, 3.05) is 23.9 Å². The molecule has 1 saturated heterocycles. The lowest BCUT2D eigenvalue weighted by Gasteiger charge is -2.30.